The Morgan fingerprint density at radius 2 is 2.00 bits per heavy atom. The molecule has 0 radical (unpaired) electrons. The number of thiophene rings is 1. The van der Waals surface area contributed by atoms with Gasteiger partial charge in [-0.2, -0.15) is 0 Å². The van der Waals surface area contributed by atoms with Gasteiger partial charge in [0.25, 0.3) is 15.0 Å². The Bertz CT molecular complexity index is 790. The van der Waals surface area contributed by atoms with Crippen LogP contribution >= 0.6 is 33.6 Å². The summed E-state index contributed by atoms with van der Waals surface area (Å²) in [5.41, 5.74) is 0.0124. The van der Waals surface area contributed by atoms with Gasteiger partial charge in [-0.25, -0.2) is 12.8 Å². The van der Waals surface area contributed by atoms with E-state index in [0.29, 0.717) is 4.88 Å². The number of carbonyl (C=O) groups excluding carboxylic acids is 1. The molecule has 0 spiro atoms. The minimum atomic E-state index is -3.78. The molecule has 0 saturated heterocycles. The van der Waals surface area contributed by atoms with E-state index in [1.807, 2.05) is 0 Å². The molecule has 9 heteroatoms. The maximum absolute atomic E-state index is 13.2. The zero-order chi connectivity index (χ0) is 15.6. The molecule has 0 atom stereocenters. The van der Waals surface area contributed by atoms with Gasteiger partial charge in [0.2, 0.25) is 0 Å². The van der Waals surface area contributed by atoms with Crippen LogP contribution in [0.5, 0.6) is 0 Å². The van der Waals surface area contributed by atoms with Gasteiger partial charge in [-0.1, -0.05) is 17.7 Å². The van der Waals surface area contributed by atoms with Crippen molar-refractivity contribution in [2.45, 2.75) is 10.8 Å². The van der Waals surface area contributed by atoms with Crippen LogP contribution < -0.4 is 5.32 Å². The van der Waals surface area contributed by atoms with Crippen molar-refractivity contribution in [1.82, 2.24) is 5.32 Å². The predicted molar refractivity (Wildman–Crippen MR) is 79.9 cm³/mol. The molecule has 0 saturated carbocycles. The zero-order valence-electron chi connectivity index (χ0n) is 10.3. The minimum absolute atomic E-state index is 0.00259. The SMILES string of the molecule is O=C(NCc1ccc(S(=O)(=O)Cl)s1)c1cccc(F)c1Cl. The van der Waals surface area contributed by atoms with Crippen LogP contribution in [0.25, 0.3) is 0 Å². The molecular weight excluding hydrogens is 360 g/mol. The molecule has 0 bridgehead atoms. The van der Waals surface area contributed by atoms with Crippen molar-refractivity contribution >= 4 is 48.6 Å². The van der Waals surface area contributed by atoms with E-state index in [-0.39, 0.29) is 21.3 Å². The van der Waals surface area contributed by atoms with E-state index < -0.39 is 20.8 Å². The van der Waals surface area contributed by atoms with Crippen LogP contribution in [0, 0.1) is 5.82 Å². The summed E-state index contributed by atoms with van der Waals surface area (Å²) >= 11 is 6.65. The summed E-state index contributed by atoms with van der Waals surface area (Å²) in [5, 5.41) is 2.27. The van der Waals surface area contributed by atoms with Crippen molar-refractivity contribution < 1.29 is 17.6 Å². The topological polar surface area (TPSA) is 63.2 Å². The molecule has 112 valence electrons. The highest BCUT2D eigenvalue weighted by atomic mass is 35.7. The number of hydrogen-bond donors (Lipinski definition) is 1. The van der Waals surface area contributed by atoms with Gasteiger partial charge in [0.1, 0.15) is 10.0 Å². The summed E-state index contributed by atoms with van der Waals surface area (Å²) in [4.78, 5) is 12.5. The van der Waals surface area contributed by atoms with Crippen LogP contribution in [0.15, 0.2) is 34.5 Å². The van der Waals surface area contributed by atoms with Crippen molar-refractivity contribution in [2.24, 2.45) is 0 Å². The second kappa shape index (κ2) is 6.31. The molecule has 1 amide bonds. The van der Waals surface area contributed by atoms with Crippen molar-refractivity contribution in [1.29, 1.82) is 0 Å². The molecule has 0 aliphatic carbocycles. The standard InChI is InChI=1S/C12H8Cl2FNO3S2/c13-11-8(2-1-3-9(11)15)12(17)16-6-7-4-5-10(20-7)21(14,18)19/h1-5H,6H2,(H,16,17). The van der Waals surface area contributed by atoms with Crippen LogP contribution in [0.2, 0.25) is 5.02 Å². The first-order valence-electron chi connectivity index (χ1n) is 5.54. The second-order valence-corrected chi connectivity index (χ2v) is 8.28. The summed E-state index contributed by atoms with van der Waals surface area (Å²) < 4.78 is 35.5. The lowest BCUT2D eigenvalue weighted by atomic mass is 10.2. The van der Waals surface area contributed by atoms with E-state index >= 15 is 0 Å². The number of rotatable bonds is 4. The molecule has 2 rings (SSSR count). The fourth-order valence-electron chi connectivity index (χ4n) is 1.53. The fourth-order valence-corrected chi connectivity index (χ4v) is 3.80. The monoisotopic (exact) mass is 367 g/mol. The number of hydrogen-bond acceptors (Lipinski definition) is 4. The third kappa shape index (κ3) is 3.94. The molecule has 0 unspecified atom stereocenters. The smallest absolute Gasteiger partial charge is 0.270 e. The Labute approximate surface area is 133 Å². The number of benzene rings is 1. The maximum atomic E-state index is 13.2. The molecule has 21 heavy (non-hydrogen) atoms. The summed E-state index contributed by atoms with van der Waals surface area (Å²) in [5.74, 6) is -1.24. The number of nitrogens with one attached hydrogen (secondary N) is 1. The van der Waals surface area contributed by atoms with E-state index in [2.05, 4.69) is 5.32 Å². The Hall–Kier alpha value is -1.15. The van der Waals surface area contributed by atoms with Crippen LogP contribution in [-0.4, -0.2) is 14.3 Å². The van der Waals surface area contributed by atoms with E-state index in [9.17, 15) is 17.6 Å². The lowest BCUT2D eigenvalue weighted by Gasteiger charge is -2.06. The number of amides is 1. The van der Waals surface area contributed by atoms with Gasteiger partial charge < -0.3 is 5.32 Å². The molecule has 0 fully saturated rings. The lowest BCUT2D eigenvalue weighted by Crippen LogP contribution is -2.22. The van der Waals surface area contributed by atoms with Crippen molar-refractivity contribution in [2.75, 3.05) is 0 Å². The first-order valence-corrected chi connectivity index (χ1v) is 9.05. The average Bonchev–Trinajstić information content (AvgIpc) is 2.88. The summed E-state index contributed by atoms with van der Waals surface area (Å²) in [7, 11) is 1.43. The van der Waals surface area contributed by atoms with Gasteiger partial charge in [0.05, 0.1) is 17.1 Å². The van der Waals surface area contributed by atoms with Gasteiger partial charge in [-0.05, 0) is 24.3 Å². The molecule has 2 aromatic rings. The third-order valence-electron chi connectivity index (χ3n) is 2.50. The highest BCUT2D eigenvalue weighted by molar-refractivity contribution is 8.15. The fraction of sp³-hybridized carbons (Fsp3) is 0.0833. The average molecular weight is 368 g/mol. The Balaban J connectivity index is 2.08. The van der Waals surface area contributed by atoms with Gasteiger partial charge >= 0.3 is 0 Å². The Kier molecular flexibility index (Phi) is 4.88. The third-order valence-corrected chi connectivity index (χ3v) is 6.06. The normalized spacial score (nSPS) is 11.4. The first kappa shape index (κ1) is 16.2. The highest BCUT2D eigenvalue weighted by Crippen LogP contribution is 2.25. The predicted octanol–water partition coefficient (Wildman–Crippen LogP) is 3.40. The van der Waals surface area contributed by atoms with Crippen molar-refractivity contribution in [3.63, 3.8) is 0 Å². The molecule has 1 N–H and O–H groups in total. The van der Waals surface area contributed by atoms with Crippen LogP contribution in [0.4, 0.5) is 4.39 Å². The quantitative estimate of drug-likeness (QED) is 0.842. The molecule has 0 aliphatic rings. The number of halogens is 3. The van der Waals surface area contributed by atoms with Crippen LogP contribution in [0.3, 0.4) is 0 Å². The van der Waals surface area contributed by atoms with E-state index in [4.69, 9.17) is 22.3 Å². The minimum Gasteiger partial charge on any atom is -0.347 e. The van der Waals surface area contributed by atoms with Gasteiger partial charge in [0, 0.05) is 15.6 Å². The van der Waals surface area contributed by atoms with Crippen molar-refractivity contribution in [3.05, 3.63) is 51.6 Å². The first-order chi connectivity index (χ1) is 9.79. The van der Waals surface area contributed by atoms with E-state index in [0.717, 1.165) is 17.4 Å². The largest absolute Gasteiger partial charge is 0.347 e. The second-order valence-electron chi connectivity index (χ2n) is 3.94. The summed E-state index contributed by atoms with van der Waals surface area (Å²) in [6.07, 6.45) is 0. The van der Waals surface area contributed by atoms with Gasteiger partial charge in [-0.3, -0.25) is 4.79 Å². The zero-order valence-corrected chi connectivity index (χ0v) is 13.4. The lowest BCUT2D eigenvalue weighted by molar-refractivity contribution is 0.0951. The van der Waals surface area contributed by atoms with Crippen LogP contribution in [0.1, 0.15) is 15.2 Å². The molecule has 0 aliphatic heterocycles. The van der Waals surface area contributed by atoms with Crippen molar-refractivity contribution in [3.8, 4) is 0 Å². The molecule has 1 aromatic heterocycles. The molecule has 1 heterocycles. The molecule has 1 aromatic carbocycles. The maximum Gasteiger partial charge on any atom is 0.270 e. The van der Waals surface area contributed by atoms with Gasteiger partial charge in [-0.15, -0.1) is 11.3 Å². The van der Waals surface area contributed by atoms with E-state index in [1.54, 1.807) is 0 Å². The van der Waals surface area contributed by atoms with Gasteiger partial charge in [0.15, 0.2) is 0 Å². The Morgan fingerprint density at radius 1 is 1.29 bits per heavy atom. The molecule has 4 nitrogen and oxygen atoms in total. The van der Waals surface area contributed by atoms with Crippen LogP contribution in [-0.2, 0) is 15.6 Å². The summed E-state index contributed by atoms with van der Waals surface area (Å²) in [6, 6.07) is 6.80. The summed E-state index contributed by atoms with van der Waals surface area (Å²) in [6.45, 7) is 0.0861. The Morgan fingerprint density at radius 3 is 2.62 bits per heavy atom. The highest BCUT2D eigenvalue weighted by Gasteiger charge is 2.15. The molecular formula is C12H8Cl2FNO3S2. The van der Waals surface area contributed by atoms with E-state index in [1.165, 1.54) is 24.3 Å². The number of carbonyl (C=O) groups is 1.